The third kappa shape index (κ3) is 18.6. The number of carbonyl (C=O) groups excluding carboxylic acids is 4. The monoisotopic (exact) mass is 1140 g/mol. The molecular formula is C55H94O24. The van der Waals surface area contributed by atoms with Crippen molar-refractivity contribution in [1.29, 1.82) is 0 Å². The summed E-state index contributed by atoms with van der Waals surface area (Å²) in [5, 5.41) is 101. The van der Waals surface area contributed by atoms with E-state index in [4.69, 9.17) is 52.1 Å². The molecule has 0 aromatic carbocycles. The molecule has 0 saturated carbocycles. The normalized spacial score (nSPS) is 40.1. The molecule has 9 N–H and O–H groups in total. The Hall–Kier alpha value is -2.76. The summed E-state index contributed by atoms with van der Waals surface area (Å²) in [6, 6.07) is 0. The van der Waals surface area contributed by atoms with Gasteiger partial charge in [-0.1, -0.05) is 78.6 Å². The first-order chi connectivity index (χ1) is 37.3. The number of hydrogen-bond acceptors (Lipinski definition) is 24. The molecule has 0 aromatic rings. The molecule has 2 bridgehead atoms. The van der Waals surface area contributed by atoms with Crippen molar-refractivity contribution >= 4 is 23.9 Å². The van der Waals surface area contributed by atoms with E-state index in [-0.39, 0.29) is 25.2 Å². The van der Waals surface area contributed by atoms with Crippen LogP contribution < -0.4 is 0 Å². The standard InChI is InChI=1S/C55H94O24/c1-10-11-17-20-33-21-18-15-13-12-14-16-19-22-37(58)74-46-34(24-35-39(60)41(62)45(32(9)70-35)76-51(67)28(5)30(7)57)31(8)71-55(49(46)75-38(59)23-26(2)3)78-47-42(63)40(61)36(25-69-50(66)27(4)29(6)56)73-54(47)77-48-43(64)44(65)52(68)79-53(48)72-33/h26-36,39-49,52-57,60-65,68H,10-25H2,1-9H3. The van der Waals surface area contributed by atoms with E-state index in [1.165, 1.54) is 34.6 Å². The Labute approximate surface area is 463 Å². The number of ether oxygens (including phenoxy) is 11. The molecule has 0 aromatic heterocycles. The molecule has 79 heavy (non-hydrogen) atoms. The SMILES string of the molecule is CCCCCC1CCCCCCCCCC(=O)OC2C(CC3OC(C)C(OC(=O)C(C)C(C)O)C(O)C3O)C(C)OC(OC3C(OC(COC(=O)C(C)C(C)O)C(O)C3O)OC3C(O1)OC(O)C(O)C3O)C2OC(=O)CC(C)C. The number of unbranched alkanes of at least 4 members (excludes halogenated alkanes) is 2. The molecular weight excluding hydrogens is 1040 g/mol. The quantitative estimate of drug-likeness (QED) is 0.0603. The second-order valence-electron chi connectivity index (χ2n) is 22.9. The summed E-state index contributed by atoms with van der Waals surface area (Å²) in [6.45, 7) is 13.6. The number of rotatable bonds is 16. The van der Waals surface area contributed by atoms with Crippen molar-refractivity contribution in [1.82, 2.24) is 0 Å². The number of aliphatic hydroxyl groups is 9. The smallest absolute Gasteiger partial charge is 0.311 e. The Balaban J connectivity index is 1.58. The van der Waals surface area contributed by atoms with Gasteiger partial charge in [-0.2, -0.15) is 0 Å². The fourth-order valence-corrected chi connectivity index (χ4v) is 10.5. The highest BCUT2D eigenvalue weighted by atomic mass is 16.8. The Kier molecular flexibility index (Phi) is 27.0. The summed E-state index contributed by atoms with van der Waals surface area (Å²) in [7, 11) is 0. The molecule has 0 aliphatic carbocycles. The lowest BCUT2D eigenvalue weighted by Crippen LogP contribution is -2.67. The zero-order valence-corrected chi connectivity index (χ0v) is 47.5. The minimum Gasteiger partial charge on any atom is -0.463 e. The number of esters is 4. The topological polar surface area (TPSA) is 352 Å². The molecule has 25 atom stereocenters. The highest BCUT2D eigenvalue weighted by Crippen LogP contribution is 2.41. The van der Waals surface area contributed by atoms with Gasteiger partial charge < -0.3 is 98.1 Å². The largest absolute Gasteiger partial charge is 0.463 e. The number of fused-ring (bicyclic) bond motifs is 4. The van der Waals surface area contributed by atoms with Crippen LogP contribution in [0.5, 0.6) is 0 Å². The maximum Gasteiger partial charge on any atom is 0.311 e. The molecule has 5 rings (SSSR count). The van der Waals surface area contributed by atoms with E-state index in [0.717, 1.165) is 51.4 Å². The number of carbonyl (C=O) groups is 4. The zero-order chi connectivity index (χ0) is 58.4. The molecule has 25 unspecified atom stereocenters. The van der Waals surface area contributed by atoms with Crippen LogP contribution in [0.1, 0.15) is 159 Å². The van der Waals surface area contributed by atoms with Crippen molar-refractivity contribution in [2.75, 3.05) is 6.61 Å². The lowest BCUT2D eigenvalue weighted by Gasteiger charge is -2.50. The van der Waals surface area contributed by atoms with Gasteiger partial charge >= 0.3 is 23.9 Å². The predicted octanol–water partition coefficient (Wildman–Crippen LogP) is 1.71. The molecule has 0 amide bonds. The maximum absolute atomic E-state index is 14.1. The van der Waals surface area contributed by atoms with Crippen LogP contribution in [-0.2, 0) is 71.3 Å². The summed E-state index contributed by atoms with van der Waals surface area (Å²) in [5.74, 6) is -6.41. The van der Waals surface area contributed by atoms with Crippen LogP contribution in [0.4, 0.5) is 0 Å². The zero-order valence-electron chi connectivity index (χ0n) is 47.5. The van der Waals surface area contributed by atoms with Crippen molar-refractivity contribution in [3.8, 4) is 0 Å². The second kappa shape index (κ2) is 31.8. The number of hydrogen-bond donors (Lipinski definition) is 9. The van der Waals surface area contributed by atoms with Gasteiger partial charge in [-0.3, -0.25) is 19.2 Å². The average molecular weight is 1140 g/mol. The van der Waals surface area contributed by atoms with E-state index in [1.54, 1.807) is 20.8 Å². The first-order valence-corrected chi connectivity index (χ1v) is 28.8. The first-order valence-electron chi connectivity index (χ1n) is 28.8. The molecule has 24 heteroatoms. The Bertz CT molecular complexity index is 1860. The van der Waals surface area contributed by atoms with Crippen LogP contribution in [0, 0.1) is 23.7 Å². The van der Waals surface area contributed by atoms with E-state index in [2.05, 4.69) is 6.92 Å². The van der Waals surface area contributed by atoms with Gasteiger partial charge in [0.1, 0.15) is 67.6 Å². The highest BCUT2D eigenvalue weighted by molar-refractivity contribution is 5.73. The van der Waals surface area contributed by atoms with Gasteiger partial charge in [0.15, 0.2) is 37.4 Å². The molecule has 5 fully saturated rings. The lowest BCUT2D eigenvalue weighted by atomic mass is 9.81. The van der Waals surface area contributed by atoms with Crippen LogP contribution >= 0.6 is 0 Å². The van der Waals surface area contributed by atoms with Gasteiger partial charge in [-0.25, -0.2) is 0 Å². The summed E-state index contributed by atoms with van der Waals surface area (Å²) in [5.41, 5.74) is 0. The summed E-state index contributed by atoms with van der Waals surface area (Å²) >= 11 is 0. The molecule has 0 spiro atoms. The first kappa shape index (κ1) is 67.0. The lowest BCUT2D eigenvalue weighted by molar-refractivity contribution is -0.404. The van der Waals surface area contributed by atoms with Gasteiger partial charge in [0, 0.05) is 18.8 Å². The van der Waals surface area contributed by atoms with Crippen molar-refractivity contribution in [3.05, 3.63) is 0 Å². The predicted molar refractivity (Wildman–Crippen MR) is 274 cm³/mol. The molecule has 5 aliphatic rings. The van der Waals surface area contributed by atoms with E-state index >= 15 is 0 Å². The average Bonchev–Trinajstić information content (AvgIpc) is 3.44. The van der Waals surface area contributed by atoms with Crippen molar-refractivity contribution in [2.45, 2.75) is 294 Å². The van der Waals surface area contributed by atoms with Crippen LogP contribution in [0.15, 0.2) is 0 Å². The maximum atomic E-state index is 14.1. The Morgan fingerprint density at radius 2 is 1.16 bits per heavy atom. The summed E-state index contributed by atoms with van der Waals surface area (Å²) in [6.07, 6.45) is -25.7. The van der Waals surface area contributed by atoms with Gasteiger partial charge in [0.05, 0.1) is 48.5 Å². The van der Waals surface area contributed by atoms with Crippen molar-refractivity contribution in [3.63, 3.8) is 0 Å². The minimum absolute atomic E-state index is 0.0452. The third-order valence-corrected chi connectivity index (χ3v) is 15.9. The summed E-state index contributed by atoms with van der Waals surface area (Å²) < 4.78 is 67.8. The van der Waals surface area contributed by atoms with E-state index in [0.29, 0.717) is 25.7 Å². The van der Waals surface area contributed by atoms with Gasteiger partial charge in [-0.05, 0) is 73.1 Å². The van der Waals surface area contributed by atoms with Gasteiger partial charge in [-0.15, -0.1) is 0 Å². The van der Waals surface area contributed by atoms with E-state index in [9.17, 15) is 65.1 Å². The molecule has 0 radical (unpaired) electrons. The minimum atomic E-state index is -2.05. The molecule has 5 saturated heterocycles. The van der Waals surface area contributed by atoms with Crippen molar-refractivity contribution < 1.29 is 117 Å². The molecule has 458 valence electrons. The van der Waals surface area contributed by atoms with Gasteiger partial charge in [0.2, 0.25) is 0 Å². The fourth-order valence-electron chi connectivity index (χ4n) is 10.5. The Morgan fingerprint density at radius 3 is 1.80 bits per heavy atom. The van der Waals surface area contributed by atoms with Crippen LogP contribution in [0.2, 0.25) is 0 Å². The van der Waals surface area contributed by atoms with Crippen molar-refractivity contribution in [2.24, 2.45) is 23.7 Å². The van der Waals surface area contributed by atoms with E-state index < -0.39 is 183 Å². The molecule has 24 nitrogen and oxygen atoms in total. The fraction of sp³-hybridized carbons (Fsp3) is 0.927. The highest BCUT2D eigenvalue weighted by Gasteiger charge is 2.57. The summed E-state index contributed by atoms with van der Waals surface area (Å²) in [4.78, 5) is 53.9. The molecule has 5 heterocycles. The molecule has 5 aliphatic heterocycles. The van der Waals surface area contributed by atoms with Crippen LogP contribution in [-0.4, -0.2) is 211 Å². The van der Waals surface area contributed by atoms with Crippen LogP contribution in [0.25, 0.3) is 0 Å². The second-order valence-corrected chi connectivity index (χ2v) is 22.9. The van der Waals surface area contributed by atoms with E-state index in [1.807, 2.05) is 0 Å². The third-order valence-electron chi connectivity index (χ3n) is 15.9. The number of aliphatic hydroxyl groups excluding tert-OH is 9. The Morgan fingerprint density at radius 1 is 0.582 bits per heavy atom. The van der Waals surface area contributed by atoms with Crippen LogP contribution in [0.3, 0.4) is 0 Å². The van der Waals surface area contributed by atoms with Gasteiger partial charge in [0.25, 0.3) is 0 Å².